The Kier molecular flexibility index (Phi) is 1.33. The fraction of sp³-hybridized carbons (Fsp3) is 0. The zero-order valence-corrected chi connectivity index (χ0v) is 4.85. The molecule has 0 aliphatic heterocycles. The summed E-state index contributed by atoms with van der Waals surface area (Å²) in [5.41, 5.74) is 4.79. The van der Waals surface area contributed by atoms with E-state index >= 15 is 0 Å². The molecule has 0 aliphatic rings. The average molecular weight is 137 g/mol. The zero-order valence-electron chi connectivity index (χ0n) is 4.85. The van der Waals surface area contributed by atoms with E-state index in [1.807, 2.05) is 0 Å². The van der Waals surface area contributed by atoms with Gasteiger partial charge in [0.25, 0.3) is 5.82 Å². The molecule has 1 amide bonds. The molecule has 0 saturated heterocycles. The van der Waals surface area contributed by atoms with Crippen LogP contribution in [-0.4, -0.2) is 20.8 Å². The van der Waals surface area contributed by atoms with E-state index < -0.39 is 6.03 Å². The highest BCUT2D eigenvalue weighted by molar-refractivity contribution is 5.73. The third-order valence-electron chi connectivity index (χ3n) is 0.818. The van der Waals surface area contributed by atoms with Gasteiger partial charge in [0, 0.05) is 0 Å². The minimum Gasteiger partial charge on any atom is -0.350 e. The molecule has 0 aliphatic carbocycles. The summed E-state index contributed by atoms with van der Waals surface area (Å²) in [6.07, 6.45) is 1.08. The molecule has 0 bridgehead atoms. The van der Waals surface area contributed by atoms with Gasteiger partial charge in [-0.2, -0.15) is 9.94 Å². The highest BCUT2D eigenvalue weighted by Crippen LogP contribution is 1.83. The van der Waals surface area contributed by atoms with Crippen LogP contribution in [0, 0.1) is 11.3 Å². The predicted molar refractivity (Wildman–Crippen MR) is 29.7 cm³/mol. The molecule has 0 saturated carbocycles. The molecule has 0 fully saturated rings. The van der Waals surface area contributed by atoms with Gasteiger partial charge in [0.05, 0.1) is 0 Å². The first kappa shape index (κ1) is 6.22. The van der Waals surface area contributed by atoms with Gasteiger partial charge in [-0.3, -0.25) is 0 Å². The normalized spacial score (nSPS) is 8.70. The summed E-state index contributed by atoms with van der Waals surface area (Å²) < 4.78 is 0.790. The fourth-order valence-electron chi connectivity index (χ4n) is 0.420. The monoisotopic (exact) mass is 137 g/mol. The highest BCUT2D eigenvalue weighted by Gasteiger charge is 2.01. The molecule has 1 aromatic heterocycles. The van der Waals surface area contributed by atoms with Crippen molar-refractivity contribution >= 4 is 6.03 Å². The summed E-state index contributed by atoms with van der Waals surface area (Å²) in [4.78, 5) is 13.7. The Morgan fingerprint density at radius 2 is 2.60 bits per heavy atom. The van der Waals surface area contributed by atoms with Crippen LogP contribution in [-0.2, 0) is 0 Å². The van der Waals surface area contributed by atoms with Gasteiger partial charge in [0.15, 0.2) is 0 Å². The van der Waals surface area contributed by atoms with Crippen molar-refractivity contribution in [3.8, 4) is 6.07 Å². The van der Waals surface area contributed by atoms with Gasteiger partial charge in [0.2, 0.25) is 0 Å². The first-order valence-corrected chi connectivity index (χ1v) is 2.35. The molecule has 1 rings (SSSR count). The van der Waals surface area contributed by atoms with Gasteiger partial charge < -0.3 is 5.73 Å². The average Bonchev–Trinajstić information content (AvgIpc) is 2.34. The number of nitriles is 1. The largest absolute Gasteiger partial charge is 0.350 e. The second-order valence-corrected chi connectivity index (χ2v) is 1.46. The molecule has 1 aromatic rings. The first-order valence-electron chi connectivity index (χ1n) is 2.35. The van der Waals surface area contributed by atoms with Crippen LogP contribution in [0.2, 0.25) is 0 Å². The molecule has 0 radical (unpaired) electrons. The molecule has 0 atom stereocenters. The second kappa shape index (κ2) is 2.14. The van der Waals surface area contributed by atoms with E-state index in [1.165, 1.54) is 0 Å². The zero-order chi connectivity index (χ0) is 7.56. The predicted octanol–water partition coefficient (Wildman–Crippen LogP) is -0.923. The number of nitrogens with two attached hydrogens (primary N) is 1. The summed E-state index contributed by atoms with van der Waals surface area (Å²) in [6, 6.07) is 0.896. The number of primary amides is 1. The Hall–Kier alpha value is -1.90. The lowest BCUT2D eigenvalue weighted by Crippen LogP contribution is -2.19. The van der Waals surface area contributed by atoms with Crippen molar-refractivity contribution in [1.29, 1.82) is 5.26 Å². The first-order chi connectivity index (χ1) is 4.74. The number of nitrogens with zero attached hydrogens (tertiary/aromatic N) is 4. The summed E-state index contributed by atoms with van der Waals surface area (Å²) >= 11 is 0. The number of aromatic nitrogens is 3. The Balaban J connectivity index is 3.02. The lowest BCUT2D eigenvalue weighted by molar-refractivity contribution is 0.247. The second-order valence-electron chi connectivity index (χ2n) is 1.46. The number of hydrogen-bond acceptors (Lipinski definition) is 4. The molecule has 50 valence electrons. The van der Waals surface area contributed by atoms with Gasteiger partial charge in [-0.15, -0.1) is 5.10 Å². The molecule has 6 nitrogen and oxygen atoms in total. The van der Waals surface area contributed by atoms with Crippen molar-refractivity contribution in [1.82, 2.24) is 14.8 Å². The summed E-state index contributed by atoms with van der Waals surface area (Å²) in [5.74, 6) is -0.0706. The highest BCUT2D eigenvalue weighted by atomic mass is 16.2. The number of hydrogen-bond donors (Lipinski definition) is 1. The van der Waals surface area contributed by atoms with E-state index in [4.69, 9.17) is 11.0 Å². The van der Waals surface area contributed by atoms with Gasteiger partial charge in [-0.1, -0.05) is 0 Å². The van der Waals surface area contributed by atoms with E-state index in [0.717, 1.165) is 11.0 Å². The Bertz CT molecular complexity index is 295. The van der Waals surface area contributed by atoms with Crippen LogP contribution in [0.15, 0.2) is 6.33 Å². The molecule has 10 heavy (non-hydrogen) atoms. The van der Waals surface area contributed by atoms with Crippen LogP contribution in [0.1, 0.15) is 5.82 Å². The molecule has 0 spiro atoms. The number of carbonyl (C=O) groups excluding carboxylic acids is 1. The van der Waals surface area contributed by atoms with Crippen LogP contribution in [0.5, 0.6) is 0 Å². The third-order valence-corrected chi connectivity index (χ3v) is 0.818. The van der Waals surface area contributed by atoms with E-state index in [2.05, 4.69) is 10.1 Å². The smallest absolute Gasteiger partial charge is 0.340 e. The topological polar surface area (TPSA) is 97.6 Å². The van der Waals surface area contributed by atoms with Crippen LogP contribution in [0.3, 0.4) is 0 Å². The number of amides is 1. The van der Waals surface area contributed by atoms with Crippen LogP contribution >= 0.6 is 0 Å². The standard InChI is InChI=1S/C4H3N5O/c5-1-3-7-2-9(8-3)4(6)10/h2H,(H2,6,10). The third kappa shape index (κ3) is 0.925. The quantitative estimate of drug-likeness (QED) is 0.499. The molecule has 1 heterocycles. The van der Waals surface area contributed by atoms with Crippen molar-refractivity contribution in [2.75, 3.05) is 0 Å². The van der Waals surface area contributed by atoms with E-state index in [0.29, 0.717) is 0 Å². The maximum Gasteiger partial charge on any atom is 0.340 e. The van der Waals surface area contributed by atoms with Crippen molar-refractivity contribution in [3.63, 3.8) is 0 Å². The van der Waals surface area contributed by atoms with Crippen LogP contribution in [0.4, 0.5) is 4.79 Å². The summed E-state index contributed by atoms with van der Waals surface area (Å²) in [7, 11) is 0. The molecule has 0 aromatic carbocycles. The van der Waals surface area contributed by atoms with E-state index in [1.54, 1.807) is 6.07 Å². The Morgan fingerprint density at radius 1 is 1.90 bits per heavy atom. The van der Waals surface area contributed by atoms with Crippen molar-refractivity contribution in [2.24, 2.45) is 5.73 Å². The van der Waals surface area contributed by atoms with E-state index in [9.17, 15) is 4.79 Å². The lowest BCUT2D eigenvalue weighted by Gasteiger charge is -1.85. The van der Waals surface area contributed by atoms with E-state index in [-0.39, 0.29) is 5.82 Å². The van der Waals surface area contributed by atoms with Crippen molar-refractivity contribution < 1.29 is 4.79 Å². The minimum atomic E-state index is -0.756. The van der Waals surface area contributed by atoms with Gasteiger partial charge in [0.1, 0.15) is 12.4 Å². The lowest BCUT2D eigenvalue weighted by atomic mass is 10.7. The molecule has 6 heteroatoms. The van der Waals surface area contributed by atoms with Crippen molar-refractivity contribution in [3.05, 3.63) is 12.2 Å². The van der Waals surface area contributed by atoms with Crippen LogP contribution in [0.25, 0.3) is 0 Å². The Morgan fingerprint density at radius 3 is 2.90 bits per heavy atom. The van der Waals surface area contributed by atoms with Gasteiger partial charge in [-0.25, -0.2) is 9.78 Å². The number of rotatable bonds is 0. The van der Waals surface area contributed by atoms with Crippen molar-refractivity contribution in [2.45, 2.75) is 0 Å². The number of carbonyl (C=O) groups is 1. The molecular formula is C4H3N5O. The summed E-state index contributed by atoms with van der Waals surface area (Å²) in [6.45, 7) is 0. The molecular weight excluding hydrogens is 134 g/mol. The van der Waals surface area contributed by atoms with Crippen LogP contribution < -0.4 is 5.73 Å². The maximum atomic E-state index is 10.3. The summed E-state index contributed by atoms with van der Waals surface area (Å²) in [5, 5.41) is 11.6. The van der Waals surface area contributed by atoms with Gasteiger partial charge in [-0.05, 0) is 0 Å². The SMILES string of the molecule is N#Cc1ncn(C(N)=O)n1. The Labute approximate surface area is 55.9 Å². The molecule has 0 unspecified atom stereocenters. The minimum absolute atomic E-state index is 0.0706. The fourth-order valence-corrected chi connectivity index (χ4v) is 0.420. The maximum absolute atomic E-state index is 10.3. The van der Waals surface area contributed by atoms with Gasteiger partial charge >= 0.3 is 6.03 Å². The molecule has 2 N–H and O–H groups in total.